The molecule has 8 heteroatoms. The van der Waals surface area contributed by atoms with E-state index in [0.717, 1.165) is 28.9 Å². The summed E-state index contributed by atoms with van der Waals surface area (Å²) >= 11 is 8.03. The maximum absolute atomic E-state index is 12.7. The molecule has 1 aliphatic rings. The van der Waals surface area contributed by atoms with E-state index in [1.807, 2.05) is 30.0 Å². The number of carbonyl (C=O) groups is 1. The third-order valence-corrected chi connectivity index (χ3v) is 5.92. The van der Waals surface area contributed by atoms with Crippen LogP contribution in [0.15, 0.2) is 36.1 Å². The van der Waals surface area contributed by atoms with Crippen LogP contribution in [0.5, 0.6) is 0 Å². The van der Waals surface area contributed by atoms with Crippen LogP contribution >= 0.6 is 22.9 Å². The number of hydrogen-bond donors (Lipinski definition) is 2. The number of aromatic amines is 1. The lowest BCUT2D eigenvalue weighted by molar-refractivity contribution is 0.0169. The van der Waals surface area contributed by atoms with Crippen LogP contribution in [-0.4, -0.2) is 53.6 Å². The van der Waals surface area contributed by atoms with Crippen LogP contribution < -0.4 is 5.32 Å². The lowest BCUT2D eigenvalue weighted by Gasteiger charge is -2.33. The lowest BCUT2D eigenvalue weighted by atomic mass is 10.1. The van der Waals surface area contributed by atoms with E-state index in [-0.39, 0.29) is 11.9 Å². The predicted molar refractivity (Wildman–Crippen MR) is 103 cm³/mol. The molecule has 0 aliphatic carbocycles. The number of carbonyl (C=O) groups excluding carboxylic acids is 1. The first-order chi connectivity index (χ1) is 12.7. The summed E-state index contributed by atoms with van der Waals surface area (Å²) in [5.74, 6) is -0.166. The second kappa shape index (κ2) is 7.75. The van der Waals surface area contributed by atoms with Gasteiger partial charge in [-0.15, -0.1) is 11.3 Å². The molecule has 4 rings (SSSR count). The molecular formula is C18H19ClN4O2S. The summed E-state index contributed by atoms with van der Waals surface area (Å²) in [5.41, 5.74) is 3.23. The molecule has 0 spiro atoms. The van der Waals surface area contributed by atoms with Crippen molar-refractivity contribution in [3.05, 3.63) is 51.6 Å². The van der Waals surface area contributed by atoms with Gasteiger partial charge < -0.3 is 15.0 Å². The summed E-state index contributed by atoms with van der Waals surface area (Å²) in [6, 6.07) is 5.60. The van der Waals surface area contributed by atoms with Crippen molar-refractivity contribution in [2.75, 3.05) is 32.8 Å². The summed E-state index contributed by atoms with van der Waals surface area (Å²) in [6.07, 6.45) is 3.69. The minimum absolute atomic E-state index is 0.0881. The van der Waals surface area contributed by atoms with Gasteiger partial charge in [-0.1, -0.05) is 11.6 Å². The van der Waals surface area contributed by atoms with E-state index in [9.17, 15) is 4.79 Å². The molecule has 3 heterocycles. The summed E-state index contributed by atoms with van der Waals surface area (Å²) < 4.78 is 5.45. The molecule has 0 radical (unpaired) electrons. The van der Waals surface area contributed by atoms with Crippen LogP contribution in [0.2, 0.25) is 5.02 Å². The number of nitrogens with one attached hydrogen (secondary N) is 2. The molecule has 1 aliphatic heterocycles. The highest BCUT2D eigenvalue weighted by Crippen LogP contribution is 2.28. The molecule has 6 nitrogen and oxygen atoms in total. The van der Waals surface area contributed by atoms with Crippen LogP contribution in [0.4, 0.5) is 0 Å². The Kier molecular flexibility index (Phi) is 5.21. The van der Waals surface area contributed by atoms with Crippen molar-refractivity contribution < 1.29 is 9.53 Å². The topological polar surface area (TPSA) is 70.2 Å². The summed E-state index contributed by atoms with van der Waals surface area (Å²) in [4.78, 5) is 23.5. The third-order valence-electron chi connectivity index (χ3n) is 4.64. The van der Waals surface area contributed by atoms with Crippen molar-refractivity contribution in [2.45, 2.75) is 6.04 Å². The Balaban J connectivity index is 1.51. The van der Waals surface area contributed by atoms with Crippen LogP contribution in [0, 0.1) is 0 Å². The molecule has 0 bridgehead atoms. The van der Waals surface area contributed by atoms with Gasteiger partial charge in [0.2, 0.25) is 0 Å². The first-order valence-electron chi connectivity index (χ1n) is 8.48. The summed E-state index contributed by atoms with van der Waals surface area (Å²) in [7, 11) is 0. The Labute approximate surface area is 160 Å². The number of halogens is 1. The van der Waals surface area contributed by atoms with Gasteiger partial charge in [0.25, 0.3) is 5.91 Å². The highest BCUT2D eigenvalue weighted by atomic mass is 35.5. The molecule has 0 saturated carbocycles. The van der Waals surface area contributed by atoms with Gasteiger partial charge in [-0.2, -0.15) is 0 Å². The second-order valence-electron chi connectivity index (χ2n) is 6.14. The predicted octanol–water partition coefficient (Wildman–Crippen LogP) is 3.08. The first-order valence-corrected chi connectivity index (χ1v) is 9.74. The quantitative estimate of drug-likeness (QED) is 0.702. The van der Waals surface area contributed by atoms with Gasteiger partial charge >= 0.3 is 0 Å². The number of thiazole rings is 1. The fraction of sp³-hybridized carbons (Fsp3) is 0.333. The molecule has 1 atom stereocenters. The number of benzene rings is 1. The standard InChI is InChI=1S/C18H19ClN4O2S/c19-17-12-3-4-21-14(12)2-1-13(17)18(24)22-9-15(16-10-20-11-26-16)23-5-7-25-8-6-23/h1-4,10-11,15,21H,5-9H2,(H,22,24). The monoisotopic (exact) mass is 390 g/mol. The number of aromatic nitrogens is 2. The van der Waals surface area contributed by atoms with E-state index in [1.165, 1.54) is 0 Å². The summed E-state index contributed by atoms with van der Waals surface area (Å²) in [5, 5.41) is 4.37. The number of H-pyrrole nitrogens is 1. The van der Waals surface area contributed by atoms with Crippen molar-refractivity contribution in [3.8, 4) is 0 Å². The van der Waals surface area contributed by atoms with E-state index in [1.54, 1.807) is 17.4 Å². The molecule has 136 valence electrons. The third kappa shape index (κ3) is 3.48. The Morgan fingerprint density at radius 2 is 2.23 bits per heavy atom. The number of nitrogens with zero attached hydrogens (tertiary/aromatic N) is 2. The van der Waals surface area contributed by atoms with Gasteiger partial charge in [-0.05, 0) is 18.2 Å². The molecule has 1 amide bonds. The number of fused-ring (bicyclic) bond motifs is 1. The van der Waals surface area contributed by atoms with Gasteiger partial charge in [-0.3, -0.25) is 14.7 Å². The SMILES string of the molecule is O=C(NCC(c1cncs1)N1CCOCC1)c1ccc2[nH]ccc2c1Cl. The van der Waals surface area contributed by atoms with E-state index in [4.69, 9.17) is 16.3 Å². The highest BCUT2D eigenvalue weighted by Gasteiger charge is 2.25. The van der Waals surface area contributed by atoms with Crippen LogP contribution in [-0.2, 0) is 4.74 Å². The maximum Gasteiger partial charge on any atom is 0.252 e. The van der Waals surface area contributed by atoms with Crippen LogP contribution in [0.3, 0.4) is 0 Å². The van der Waals surface area contributed by atoms with E-state index >= 15 is 0 Å². The van der Waals surface area contributed by atoms with Gasteiger partial charge in [0, 0.05) is 47.8 Å². The average molecular weight is 391 g/mol. The number of amides is 1. The van der Waals surface area contributed by atoms with Crippen molar-refractivity contribution in [3.63, 3.8) is 0 Å². The van der Waals surface area contributed by atoms with E-state index in [2.05, 4.69) is 20.2 Å². The van der Waals surface area contributed by atoms with E-state index in [0.29, 0.717) is 30.3 Å². The van der Waals surface area contributed by atoms with Gasteiger partial charge in [0.15, 0.2) is 0 Å². The zero-order valence-corrected chi connectivity index (χ0v) is 15.6. The molecule has 1 aromatic carbocycles. The lowest BCUT2D eigenvalue weighted by Crippen LogP contribution is -2.43. The normalized spacial score (nSPS) is 16.7. The molecule has 3 aromatic rings. The second-order valence-corrected chi connectivity index (χ2v) is 7.44. The van der Waals surface area contributed by atoms with Crippen molar-refractivity contribution >= 4 is 39.7 Å². The zero-order valence-electron chi connectivity index (χ0n) is 14.1. The fourth-order valence-corrected chi connectivity index (χ4v) is 4.31. The molecule has 26 heavy (non-hydrogen) atoms. The van der Waals surface area contributed by atoms with E-state index < -0.39 is 0 Å². The molecule has 1 saturated heterocycles. The first kappa shape index (κ1) is 17.5. The maximum atomic E-state index is 12.7. The van der Waals surface area contributed by atoms with Crippen LogP contribution in [0.25, 0.3) is 10.9 Å². The fourth-order valence-electron chi connectivity index (χ4n) is 3.25. The smallest absolute Gasteiger partial charge is 0.252 e. The number of hydrogen-bond acceptors (Lipinski definition) is 5. The van der Waals surface area contributed by atoms with Crippen molar-refractivity contribution in [2.24, 2.45) is 0 Å². The Hall–Kier alpha value is -1.93. The Bertz CT molecular complexity index is 890. The van der Waals surface area contributed by atoms with Gasteiger partial charge in [0.05, 0.1) is 35.4 Å². The molecule has 2 aromatic heterocycles. The van der Waals surface area contributed by atoms with Crippen molar-refractivity contribution in [1.29, 1.82) is 0 Å². The zero-order chi connectivity index (χ0) is 17.9. The number of morpholine rings is 1. The molecule has 2 N–H and O–H groups in total. The largest absolute Gasteiger partial charge is 0.379 e. The number of ether oxygens (including phenoxy) is 1. The summed E-state index contributed by atoms with van der Waals surface area (Å²) in [6.45, 7) is 3.60. The molecule has 1 fully saturated rings. The van der Waals surface area contributed by atoms with Gasteiger partial charge in [0.1, 0.15) is 0 Å². The Morgan fingerprint density at radius 1 is 1.38 bits per heavy atom. The van der Waals surface area contributed by atoms with Crippen LogP contribution in [0.1, 0.15) is 21.3 Å². The minimum atomic E-state index is -0.166. The molecular weight excluding hydrogens is 372 g/mol. The average Bonchev–Trinajstić information content (AvgIpc) is 3.35. The highest BCUT2D eigenvalue weighted by molar-refractivity contribution is 7.09. The van der Waals surface area contributed by atoms with Gasteiger partial charge in [-0.25, -0.2) is 0 Å². The minimum Gasteiger partial charge on any atom is -0.379 e. The number of rotatable bonds is 5. The molecule has 1 unspecified atom stereocenters. The van der Waals surface area contributed by atoms with Crippen molar-refractivity contribution in [1.82, 2.24) is 20.2 Å². The Morgan fingerprint density at radius 3 is 3.00 bits per heavy atom.